The number of hydrogen-bond donors (Lipinski definition) is 1. The molecule has 0 atom stereocenters. The minimum Gasteiger partial charge on any atom is -0.496 e. The van der Waals surface area contributed by atoms with Gasteiger partial charge in [-0.05, 0) is 17.5 Å². The molecule has 0 spiro atoms. The first-order valence-electron chi connectivity index (χ1n) is 5.46. The van der Waals surface area contributed by atoms with Crippen molar-refractivity contribution < 1.29 is 4.74 Å². The maximum Gasteiger partial charge on any atom is 0.124 e. The van der Waals surface area contributed by atoms with Crippen molar-refractivity contribution in [1.29, 1.82) is 0 Å². The van der Waals surface area contributed by atoms with Crippen LogP contribution in [0.3, 0.4) is 0 Å². The molecule has 0 aliphatic rings. The Labute approximate surface area is 103 Å². The smallest absolute Gasteiger partial charge is 0.124 e. The van der Waals surface area contributed by atoms with Crippen molar-refractivity contribution in [2.45, 2.75) is 27.3 Å². The molecule has 2 nitrogen and oxygen atoms in total. The van der Waals surface area contributed by atoms with E-state index in [4.69, 9.17) is 16.3 Å². The van der Waals surface area contributed by atoms with E-state index >= 15 is 0 Å². The highest BCUT2D eigenvalue weighted by Crippen LogP contribution is 2.26. The van der Waals surface area contributed by atoms with E-state index in [0.717, 1.165) is 29.4 Å². The van der Waals surface area contributed by atoms with Gasteiger partial charge in [0.2, 0.25) is 0 Å². The minimum absolute atomic E-state index is 0.272. The van der Waals surface area contributed by atoms with Crippen LogP contribution in [0.1, 0.15) is 26.3 Å². The van der Waals surface area contributed by atoms with Crippen molar-refractivity contribution in [3.63, 3.8) is 0 Å². The topological polar surface area (TPSA) is 21.3 Å². The van der Waals surface area contributed by atoms with E-state index in [1.165, 1.54) is 0 Å². The van der Waals surface area contributed by atoms with Crippen LogP contribution in [-0.4, -0.2) is 13.7 Å². The lowest BCUT2D eigenvalue weighted by Gasteiger charge is -2.19. The van der Waals surface area contributed by atoms with E-state index < -0.39 is 0 Å². The number of ether oxygens (including phenoxy) is 1. The Kier molecular flexibility index (Phi) is 4.63. The normalized spacial score (nSPS) is 11.6. The van der Waals surface area contributed by atoms with Crippen molar-refractivity contribution in [1.82, 2.24) is 5.32 Å². The lowest BCUT2D eigenvalue weighted by molar-refractivity contribution is 0.373. The first-order chi connectivity index (χ1) is 7.44. The van der Waals surface area contributed by atoms with Gasteiger partial charge in [0.1, 0.15) is 5.75 Å². The summed E-state index contributed by atoms with van der Waals surface area (Å²) in [6.45, 7) is 8.28. The fourth-order valence-electron chi connectivity index (χ4n) is 1.46. The van der Waals surface area contributed by atoms with Crippen molar-refractivity contribution in [3.05, 3.63) is 28.8 Å². The molecule has 0 radical (unpaired) electrons. The van der Waals surface area contributed by atoms with Gasteiger partial charge in [-0.1, -0.05) is 38.4 Å². The Morgan fingerprint density at radius 2 is 2.00 bits per heavy atom. The van der Waals surface area contributed by atoms with E-state index in [9.17, 15) is 0 Å². The second kappa shape index (κ2) is 5.55. The van der Waals surface area contributed by atoms with Gasteiger partial charge in [-0.25, -0.2) is 0 Å². The van der Waals surface area contributed by atoms with Gasteiger partial charge >= 0.3 is 0 Å². The summed E-state index contributed by atoms with van der Waals surface area (Å²) in [5, 5.41) is 4.14. The van der Waals surface area contributed by atoms with Crippen molar-refractivity contribution >= 4 is 11.6 Å². The molecule has 0 aliphatic heterocycles. The summed E-state index contributed by atoms with van der Waals surface area (Å²) in [7, 11) is 1.67. The third-order valence-electron chi connectivity index (χ3n) is 2.25. The zero-order valence-corrected chi connectivity index (χ0v) is 11.2. The molecule has 0 saturated heterocycles. The predicted octanol–water partition coefficient (Wildman–Crippen LogP) is 3.48. The maximum absolute atomic E-state index is 6.14. The number of methoxy groups -OCH3 is 1. The highest BCUT2D eigenvalue weighted by molar-refractivity contribution is 6.31. The van der Waals surface area contributed by atoms with Crippen LogP contribution in [-0.2, 0) is 6.54 Å². The van der Waals surface area contributed by atoms with Crippen molar-refractivity contribution in [2.24, 2.45) is 5.41 Å². The molecule has 3 heteroatoms. The number of halogens is 1. The van der Waals surface area contributed by atoms with Gasteiger partial charge in [-0.15, -0.1) is 0 Å². The first-order valence-corrected chi connectivity index (χ1v) is 5.84. The van der Waals surface area contributed by atoms with Gasteiger partial charge in [-0.3, -0.25) is 0 Å². The molecular weight excluding hydrogens is 222 g/mol. The highest BCUT2D eigenvalue weighted by atomic mass is 35.5. The summed E-state index contributed by atoms with van der Waals surface area (Å²) in [6.07, 6.45) is 0. The Hall–Kier alpha value is -0.730. The van der Waals surface area contributed by atoms with E-state index in [1.807, 2.05) is 18.2 Å². The number of rotatable bonds is 4. The van der Waals surface area contributed by atoms with Crippen LogP contribution in [0.2, 0.25) is 5.02 Å². The van der Waals surface area contributed by atoms with Gasteiger partial charge < -0.3 is 10.1 Å². The summed E-state index contributed by atoms with van der Waals surface area (Å²) < 4.78 is 5.28. The van der Waals surface area contributed by atoms with E-state index in [0.29, 0.717) is 0 Å². The van der Waals surface area contributed by atoms with Crippen LogP contribution < -0.4 is 10.1 Å². The van der Waals surface area contributed by atoms with E-state index in [2.05, 4.69) is 26.1 Å². The van der Waals surface area contributed by atoms with Crippen LogP contribution in [0.15, 0.2) is 18.2 Å². The molecule has 1 N–H and O–H groups in total. The third-order valence-corrected chi connectivity index (χ3v) is 2.61. The fourth-order valence-corrected chi connectivity index (χ4v) is 1.70. The molecule has 0 heterocycles. The zero-order chi connectivity index (χ0) is 12.2. The average molecular weight is 242 g/mol. The van der Waals surface area contributed by atoms with Crippen molar-refractivity contribution in [2.75, 3.05) is 13.7 Å². The van der Waals surface area contributed by atoms with Crippen LogP contribution in [0.4, 0.5) is 0 Å². The maximum atomic E-state index is 6.14. The number of nitrogens with one attached hydrogen (secondary N) is 1. The molecule has 1 aromatic rings. The van der Waals surface area contributed by atoms with Gasteiger partial charge in [-0.2, -0.15) is 0 Å². The first kappa shape index (κ1) is 13.3. The molecule has 0 bridgehead atoms. The molecule has 1 rings (SSSR count). The summed E-state index contributed by atoms with van der Waals surface area (Å²) in [4.78, 5) is 0. The summed E-state index contributed by atoms with van der Waals surface area (Å²) in [6, 6.07) is 5.71. The Morgan fingerprint density at radius 1 is 1.31 bits per heavy atom. The Morgan fingerprint density at radius 3 is 2.56 bits per heavy atom. The van der Waals surface area contributed by atoms with Crippen molar-refractivity contribution in [3.8, 4) is 5.75 Å². The third kappa shape index (κ3) is 4.03. The summed E-state index contributed by atoms with van der Waals surface area (Å²) in [5.41, 5.74) is 1.30. The fraction of sp³-hybridized carbons (Fsp3) is 0.538. The van der Waals surface area contributed by atoms with Gasteiger partial charge in [0.05, 0.1) is 7.11 Å². The second-order valence-electron chi connectivity index (χ2n) is 5.08. The number of hydrogen-bond acceptors (Lipinski definition) is 2. The van der Waals surface area contributed by atoms with Crippen LogP contribution in [0.5, 0.6) is 5.75 Å². The zero-order valence-electron chi connectivity index (χ0n) is 10.4. The molecule has 0 saturated carbocycles. The molecule has 0 unspecified atom stereocenters. The lowest BCUT2D eigenvalue weighted by atomic mass is 9.97. The molecule has 0 fully saturated rings. The molecule has 16 heavy (non-hydrogen) atoms. The van der Waals surface area contributed by atoms with Crippen LogP contribution in [0, 0.1) is 5.41 Å². The second-order valence-corrected chi connectivity index (χ2v) is 5.49. The standard InChI is InChI=1S/C13H20ClNO/c1-13(2,3)9-15-8-10-11(14)6-5-7-12(10)16-4/h5-7,15H,8-9H2,1-4H3. The number of benzene rings is 1. The minimum atomic E-state index is 0.272. The quantitative estimate of drug-likeness (QED) is 0.872. The largest absolute Gasteiger partial charge is 0.496 e. The summed E-state index contributed by atoms with van der Waals surface area (Å²) >= 11 is 6.14. The van der Waals surface area contributed by atoms with E-state index in [1.54, 1.807) is 7.11 Å². The molecular formula is C13H20ClNO. The van der Waals surface area contributed by atoms with Gasteiger partial charge in [0.25, 0.3) is 0 Å². The van der Waals surface area contributed by atoms with Crippen LogP contribution in [0.25, 0.3) is 0 Å². The highest BCUT2D eigenvalue weighted by Gasteiger charge is 2.11. The molecule has 1 aromatic carbocycles. The Bertz CT molecular complexity index is 344. The average Bonchev–Trinajstić information content (AvgIpc) is 2.18. The van der Waals surface area contributed by atoms with Gasteiger partial charge in [0, 0.05) is 23.7 Å². The summed E-state index contributed by atoms with van der Waals surface area (Å²) in [5.74, 6) is 0.842. The molecule has 90 valence electrons. The van der Waals surface area contributed by atoms with Gasteiger partial charge in [0.15, 0.2) is 0 Å². The Balaban J connectivity index is 2.66. The predicted molar refractivity (Wildman–Crippen MR) is 69.2 cm³/mol. The monoisotopic (exact) mass is 241 g/mol. The molecule has 0 amide bonds. The lowest BCUT2D eigenvalue weighted by Crippen LogP contribution is -2.26. The van der Waals surface area contributed by atoms with Crippen LogP contribution >= 0.6 is 11.6 Å². The molecule has 0 aliphatic carbocycles. The van der Waals surface area contributed by atoms with E-state index in [-0.39, 0.29) is 5.41 Å². The SMILES string of the molecule is COc1cccc(Cl)c1CNCC(C)(C)C. The molecule has 0 aromatic heterocycles.